The molecular weight excluding hydrogens is 596 g/mol. The highest BCUT2D eigenvalue weighted by atomic mass is 35.5. The molecule has 1 unspecified atom stereocenters. The van der Waals surface area contributed by atoms with Gasteiger partial charge in [0.2, 0.25) is 0 Å². The van der Waals surface area contributed by atoms with E-state index in [0.717, 1.165) is 11.6 Å². The van der Waals surface area contributed by atoms with Crippen molar-refractivity contribution >= 4 is 68.3 Å². The Bertz CT molecular complexity index is 1740. The molecule has 0 fully saturated rings. The minimum Gasteiger partial charge on any atom is -0.480 e. The standard InChI is InChI=1S/C28H26Cl2NO7PS/c1-39(35,20-7-6-19-8-10-38-25(19)16-20)11-9-18-13-22(29)26(23(30)14-18)27(32)31-24(28(33)34)15-17-4-3-5-21(12-17)40(2,36)37/h3-8,10,12-14,16,24H,9,11,15H2,1-2H3,(H,31,32)(H,33,34)/t24-,39?/m0/s1. The molecule has 8 nitrogen and oxygen atoms in total. The van der Waals surface area contributed by atoms with Crippen LogP contribution in [0.3, 0.4) is 0 Å². The quantitative estimate of drug-likeness (QED) is 0.226. The molecule has 0 saturated heterocycles. The van der Waals surface area contributed by atoms with Gasteiger partial charge in [-0.25, -0.2) is 13.2 Å². The van der Waals surface area contributed by atoms with Crippen LogP contribution in [0.15, 0.2) is 76.2 Å². The van der Waals surface area contributed by atoms with Crippen molar-refractivity contribution in [1.82, 2.24) is 5.32 Å². The maximum atomic E-state index is 13.4. The fourth-order valence-corrected chi connectivity index (χ4v) is 7.38. The fourth-order valence-electron chi connectivity index (χ4n) is 4.27. The lowest BCUT2D eigenvalue weighted by atomic mass is 10.0. The third-order valence-electron chi connectivity index (χ3n) is 6.51. The van der Waals surface area contributed by atoms with Crippen LogP contribution in [0.4, 0.5) is 0 Å². The summed E-state index contributed by atoms with van der Waals surface area (Å²) in [6.45, 7) is 1.69. The fraction of sp³-hybridized carbons (Fsp3) is 0.214. The van der Waals surface area contributed by atoms with E-state index in [0.29, 0.717) is 34.6 Å². The van der Waals surface area contributed by atoms with E-state index in [1.54, 1.807) is 37.2 Å². The van der Waals surface area contributed by atoms with Crippen molar-refractivity contribution in [3.8, 4) is 0 Å². The minimum absolute atomic E-state index is 0.0196. The first-order chi connectivity index (χ1) is 18.7. The summed E-state index contributed by atoms with van der Waals surface area (Å²) in [6.07, 6.45) is 3.17. The second-order valence-corrected chi connectivity index (χ2v) is 15.6. The Balaban J connectivity index is 1.48. The molecule has 1 heterocycles. The molecule has 40 heavy (non-hydrogen) atoms. The van der Waals surface area contributed by atoms with Crippen LogP contribution in [-0.4, -0.2) is 50.5 Å². The molecule has 2 N–H and O–H groups in total. The van der Waals surface area contributed by atoms with Crippen molar-refractivity contribution in [1.29, 1.82) is 0 Å². The first-order valence-corrected chi connectivity index (χ1v) is 17.1. The van der Waals surface area contributed by atoms with Crippen molar-refractivity contribution in [3.05, 3.63) is 93.7 Å². The van der Waals surface area contributed by atoms with Crippen molar-refractivity contribution in [3.63, 3.8) is 0 Å². The van der Waals surface area contributed by atoms with E-state index in [4.69, 9.17) is 27.6 Å². The third kappa shape index (κ3) is 6.96. The highest BCUT2D eigenvalue weighted by Crippen LogP contribution is 2.41. The summed E-state index contributed by atoms with van der Waals surface area (Å²) in [4.78, 5) is 25.0. The molecule has 0 saturated carbocycles. The van der Waals surface area contributed by atoms with Crippen molar-refractivity contribution in [2.75, 3.05) is 19.1 Å². The number of amides is 1. The summed E-state index contributed by atoms with van der Waals surface area (Å²) in [5, 5.41) is 13.8. The van der Waals surface area contributed by atoms with Gasteiger partial charge in [-0.2, -0.15) is 0 Å². The van der Waals surface area contributed by atoms with E-state index < -0.39 is 34.9 Å². The van der Waals surface area contributed by atoms with Crippen LogP contribution in [0.2, 0.25) is 10.0 Å². The number of sulfone groups is 1. The molecule has 4 aromatic rings. The summed E-state index contributed by atoms with van der Waals surface area (Å²) in [6, 6.07) is 14.9. The Morgan fingerprint density at radius 3 is 2.38 bits per heavy atom. The molecule has 4 rings (SSSR count). The van der Waals surface area contributed by atoms with Crippen molar-refractivity contribution < 1.29 is 32.1 Å². The number of furan rings is 1. The van der Waals surface area contributed by atoms with Gasteiger partial charge in [-0.1, -0.05) is 47.5 Å². The summed E-state index contributed by atoms with van der Waals surface area (Å²) in [7, 11) is -6.25. The largest absolute Gasteiger partial charge is 0.480 e. The van der Waals surface area contributed by atoms with E-state index in [2.05, 4.69) is 5.32 Å². The average molecular weight is 622 g/mol. The summed E-state index contributed by atoms with van der Waals surface area (Å²) < 4.78 is 42.6. The number of benzene rings is 3. The van der Waals surface area contributed by atoms with Gasteiger partial charge in [0.25, 0.3) is 5.91 Å². The van der Waals surface area contributed by atoms with E-state index in [-0.39, 0.29) is 26.9 Å². The lowest BCUT2D eigenvalue weighted by Crippen LogP contribution is -2.42. The van der Waals surface area contributed by atoms with E-state index in [1.807, 2.05) is 18.2 Å². The maximum absolute atomic E-state index is 13.4. The SMILES string of the molecule is CP(=O)(CCc1cc(Cl)c(C(=O)N[C@@H](Cc2cccc(S(C)(=O)=O)c2)C(=O)O)c(Cl)c1)c1ccc2ccoc2c1. The van der Waals surface area contributed by atoms with Gasteiger partial charge in [0.05, 0.1) is 26.8 Å². The number of nitrogens with one attached hydrogen (secondary N) is 1. The second kappa shape index (κ2) is 11.8. The number of rotatable bonds is 10. The number of fused-ring (bicyclic) bond motifs is 1. The van der Waals surface area contributed by atoms with Crippen LogP contribution in [-0.2, 0) is 32.0 Å². The number of halogens is 2. The van der Waals surface area contributed by atoms with Gasteiger partial charge in [-0.05, 0) is 60.6 Å². The molecule has 0 aliphatic carbocycles. The second-order valence-electron chi connectivity index (χ2n) is 9.64. The van der Waals surface area contributed by atoms with Crippen LogP contribution in [0, 0.1) is 0 Å². The predicted octanol–water partition coefficient (Wildman–Crippen LogP) is 5.43. The Morgan fingerprint density at radius 1 is 1.02 bits per heavy atom. The lowest BCUT2D eigenvalue weighted by Gasteiger charge is -2.17. The Morgan fingerprint density at radius 2 is 1.73 bits per heavy atom. The Kier molecular flexibility index (Phi) is 8.80. The van der Waals surface area contributed by atoms with Crippen molar-refractivity contribution in [2.24, 2.45) is 0 Å². The maximum Gasteiger partial charge on any atom is 0.326 e. The monoisotopic (exact) mass is 621 g/mol. The number of aliphatic carboxylic acids is 1. The van der Waals surface area contributed by atoms with Gasteiger partial charge < -0.3 is 19.4 Å². The molecule has 12 heteroatoms. The number of carbonyl (C=O) groups excluding carboxylic acids is 1. The summed E-state index contributed by atoms with van der Waals surface area (Å²) in [5.41, 5.74) is 1.65. The number of carboxylic acids is 1. The van der Waals surface area contributed by atoms with Gasteiger partial charge in [-0.3, -0.25) is 4.79 Å². The molecule has 0 bridgehead atoms. The molecule has 0 aliphatic heterocycles. The molecule has 0 radical (unpaired) electrons. The topological polar surface area (TPSA) is 131 Å². The first kappa shape index (κ1) is 29.9. The van der Waals surface area contributed by atoms with Crippen LogP contribution >= 0.6 is 30.3 Å². The zero-order valence-electron chi connectivity index (χ0n) is 21.6. The van der Waals surface area contributed by atoms with Crippen LogP contribution in [0.25, 0.3) is 11.0 Å². The predicted molar refractivity (Wildman–Crippen MR) is 157 cm³/mol. The van der Waals surface area contributed by atoms with Crippen molar-refractivity contribution in [2.45, 2.75) is 23.8 Å². The highest BCUT2D eigenvalue weighted by molar-refractivity contribution is 7.90. The zero-order valence-corrected chi connectivity index (χ0v) is 24.8. The number of carbonyl (C=O) groups is 2. The lowest BCUT2D eigenvalue weighted by molar-refractivity contribution is -0.139. The molecule has 0 spiro atoms. The van der Waals surface area contributed by atoms with Gasteiger partial charge in [0.15, 0.2) is 9.84 Å². The highest BCUT2D eigenvalue weighted by Gasteiger charge is 2.25. The van der Waals surface area contributed by atoms with E-state index in [1.165, 1.54) is 18.2 Å². The van der Waals surface area contributed by atoms with Gasteiger partial charge in [-0.15, -0.1) is 0 Å². The summed E-state index contributed by atoms with van der Waals surface area (Å²) >= 11 is 12.8. The molecular formula is C28H26Cl2NO7PS. The molecule has 1 amide bonds. The zero-order chi connectivity index (χ0) is 29.2. The minimum atomic E-state index is -3.49. The average Bonchev–Trinajstić information content (AvgIpc) is 3.34. The Labute approximate surface area is 241 Å². The normalized spacial score (nSPS) is 14.0. The number of hydrogen-bond acceptors (Lipinski definition) is 6. The van der Waals surface area contributed by atoms with Crippen LogP contribution in [0.5, 0.6) is 0 Å². The molecule has 2 atom stereocenters. The van der Waals surface area contributed by atoms with Gasteiger partial charge in [0, 0.05) is 29.5 Å². The number of hydrogen-bond donors (Lipinski definition) is 2. The van der Waals surface area contributed by atoms with E-state index in [9.17, 15) is 27.7 Å². The third-order valence-corrected chi connectivity index (χ3v) is 10.7. The Hall–Kier alpha value is -3.10. The molecule has 1 aromatic heterocycles. The molecule has 3 aromatic carbocycles. The van der Waals surface area contributed by atoms with E-state index >= 15 is 0 Å². The van der Waals surface area contributed by atoms with Gasteiger partial charge in [0.1, 0.15) is 18.8 Å². The molecule has 210 valence electrons. The van der Waals surface area contributed by atoms with Crippen LogP contribution in [0.1, 0.15) is 21.5 Å². The van der Waals surface area contributed by atoms with Crippen LogP contribution < -0.4 is 10.6 Å². The number of aryl methyl sites for hydroxylation is 1. The number of carboxylic acid groups (broad SMARTS) is 1. The van der Waals surface area contributed by atoms with Gasteiger partial charge >= 0.3 is 5.97 Å². The summed E-state index contributed by atoms with van der Waals surface area (Å²) in [5.74, 6) is -2.10. The first-order valence-electron chi connectivity index (χ1n) is 12.1. The smallest absolute Gasteiger partial charge is 0.326 e. The molecule has 0 aliphatic rings.